The predicted octanol–water partition coefficient (Wildman–Crippen LogP) is 3.57. The van der Waals surface area contributed by atoms with Crippen molar-refractivity contribution < 1.29 is 9.50 Å². The summed E-state index contributed by atoms with van der Waals surface area (Å²) in [4.78, 5) is 15.4. The molecule has 0 saturated carbocycles. The van der Waals surface area contributed by atoms with Crippen molar-refractivity contribution in [1.82, 2.24) is 14.9 Å². The molecule has 5 nitrogen and oxygen atoms in total. The molecule has 0 spiro atoms. The third-order valence-corrected chi connectivity index (χ3v) is 6.07. The van der Waals surface area contributed by atoms with E-state index in [1.54, 1.807) is 23.5 Å². The van der Waals surface area contributed by atoms with Crippen LogP contribution in [-0.2, 0) is 0 Å². The summed E-state index contributed by atoms with van der Waals surface area (Å²) in [5.74, 6) is 0.577. The highest BCUT2D eigenvalue weighted by molar-refractivity contribution is 7.19. The zero-order valence-corrected chi connectivity index (χ0v) is 16.5. The van der Waals surface area contributed by atoms with Crippen LogP contribution in [0.4, 0.5) is 10.2 Å². The molecule has 27 heavy (non-hydrogen) atoms. The molecular formula is C19H20ClFN4OS. The topological polar surface area (TPSA) is 52.5 Å². The number of thiophene rings is 1. The van der Waals surface area contributed by atoms with Crippen LogP contribution in [-0.4, -0.2) is 59.3 Å². The average Bonchev–Trinajstić information content (AvgIpc) is 2.98. The van der Waals surface area contributed by atoms with Crippen LogP contribution >= 0.6 is 22.9 Å². The number of hydrogen-bond donors (Lipinski definition) is 1. The zero-order valence-electron chi connectivity index (χ0n) is 15.0. The van der Waals surface area contributed by atoms with E-state index in [-0.39, 0.29) is 17.7 Å². The third kappa shape index (κ3) is 3.65. The van der Waals surface area contributed by atoms with Gasteiger partial charge in [0, 0.05) is 43.2 Å². The number of aromatic nitrogens is 2. The summed E-state index contributed by atoms with van der Waals surface area (Å²) in [5.41, 5.74) is 1.99. The van der Waals surface area contributed by atoms with Gasteiger partial charge in [0.25, 0.3) is 0 Å². The average molecular weight is 407 g/mol. The van der Waals surface area contributed by atoms with Crippen LogP contribution in [0, 0.1) is 12.7 Å². The van der Waals surface area contributed by atoms with E-state index in [9.17, 15) is 4.39 Å². The van der Waals surface area contributed by atoms with Crippen LogP contribution in [0.2, 0.25) is 5.28 Å². The first-order chi connectivity index (χ1) is 13.1. The monoisotopic (exact) mass is 406 g/mol. The lowest BCUT2D eigenvalue weighted by Crippen LogP contribution is -2.47. The van der Waals surface area contributed by atoms with Crippen molar-refractivity contribution >= 4 is 39.0 Å². The molecule has 0 bridgehead atoms. The smallest absolute Gasteiger partial charge is 0.225 e. The normalized spacial score (nSPS) is 15.6. The summed E-state index contributed by atoms with van der Waals surface area (Å²) in [7, 11) is 0. The molecule has 0 radical (unpaired) electrons. The number of fused-ring (bicyclic) bond motifs is 1. The van der Waals surface area contributed by atoms with Crippen LogP contribution in [0.5, 0.6) is 0 Å². The Morgan fingerprint density at radius 3 is 2.52 bits per heavy atom. The molecule has 3 aromatic rings. The largest absolute Gasteiger partial charge is 0.395 e. The van der Waals surface area contributed by atoms with E-state index < -0.39 is 0 Å². The molecule has 4 rings (SSSR count). The van der Waals surface area contributed by atoms with Crippen molar-refractivity contribution in [2.75, 3.05) is 44.2 Å². The number of piperazine rings is 1. The van der Waals surface area contributed by atoms with Gasteiger partial charge in [0.15, 0.2) is 0 Å². The summed E-state index contributed by atoms with van der Waals surface area (Å²) in [6, 6.07) is 6.54. The highest BCUT2D eigenvalue weighted by atomic mass is 35.5. The van der Waals surface area contributed by atoms with Gasteiger partial charge in [-0.15, -0.1) is 11.3 Å². The number of benzene rings is 1. The molecule has 2 aromatic heterocycles. The van der Waals surface area contributed by atoms with Crippen molar-refractivity contribution in [3.8, 4) is 11.1 Å². The number of aliphatic hydroxyl groups is 1. The Bertz CT molecular complexity index is 954. The maximum absolute atomic E-state index is 13.4. The van der Waals surface area contributed by atoms with Crippen molar-refractivity contribution in [3.63, 3.8) is 0 Å². The van der Waals surface area contributed by atoms with E-state index in [1.807, 2.05) is 6.92 Å². The summed E-state index contributed by atoms with van der Waals surface area (Å²) in [5, 5.41) is 10.4. The van der Waals surface area contributed by atoms with Crippen LogP contribution in [0.25, 0.3) is 21.3 Å². The molecule has 0 aliphatic carbocycles. The van der Waals surface area contributed by atoms with Crippen molar-refractivity contribution in [3.05, 3.63) is 40.2 Å². The zero-order chi connectivity index (χ0) is 19.0. The second kappa shape index (κ2) is 7.67. The molecule has 0 amide bonds. The van der Waals surface area contributed by atoms with Crippen molar-refractivity contribution in [2.45, 2.75) is 6.92 Å². The van der Waals surface area contributed by atoms with Gasteiger partial charge in [0.2, 0.25) is 5.28 Å². The minimum atomic E-state index is -0.254. The molecule has 1 aliphatic rings. The van der Waals surface area contributed by atoms with Gasteiger partial charge in [-0.1, -0.05) is 12.1 Å². The summed E-state index contributed by atoms with van der Waals surface area (Å²) in [6.45, 7) is 6.23. The van der Waals surface area contributed by atoms with E-state index in [2.05, 4.69) is 19.8 Å². The quantitative estimate of drug-likeness (QED) is 0.671. The van der Waals surface area contributed by atoms with Gasteiger partial charge in [0.1, 0.15) is 16.5 Å². The van der Waals surface area contributed by atoms with E-state index >= 15 is 0 Å². The lowest BCUT2D eigenvalue weighted by atomic mass is 10.0. The molecule has 1 aliphatic heterocycles. The predicted molar refractivity (Wildman–Crippen MR) is 108 cm³/mol. The molecule has 1 aromatic carbocycles. The van der Waals surface area contributed by atoms with Crippen LogP contribution in [0.15, 0.2) is 24.3 Å². The number of nitrogens with zero attached hydrogens (tertiary/aromatic N) is 4. The Kier molecular flexibility index (Phi) is 5.27. The Hall–Kier alpha value is -1.80. The first-order valence-electron chi connectivity index (χ1n) is 8.87. The first kappa shape index (κ1) is 18.6. The Morgan fingerprint density at radius 2 is 1.85 bits per heavy atom. The molecule has 3 heterocycles. The number of anilines is 1. The molecule has 0 unspecified atom stereocenters. The first-order valence-corrected chi connectivity index (χ1v) is 10.1. The fourth-order valence-corrected chi connectivity index (χ4v) is 4.84. The molecule has 0 atom stereocenters. The number of aryl methyl sites for hydroxylation is 1. The highest BCUT2D eigenvalue weighted by Crippen LogP contribution is 2.42. The fraction of sp³-hybridized carbons (Fsp3) is 0.368. The van der Waals surface area contributed by atoms with E-state index in [0.29, 0.717) is 6.54 Å². The van der Waals surface area contributed by atoms with Gasteiger partial charge < -0.3 is 10.0 Å². The van der Waals surface area contributed by atoms with Gasteiger partial charge in [0.05, 0.1) is 12.0 Å². The van der Waals surface area contributed by atoms with Crippen molar-refractivity contribution in [1.29, 1.82) is 0 Å². The number of hydrogen-bond acceptors (Lipinski definition) is 6. The SMILES string of the molecule is Cc1sc2nc(Cl)nc(N3CCN(CCO)CC3)c2c1-c1ccc(F)cc1. The lowest BCUT2D eigenvalue weighted by molar-refractivity contribution is 0.188. The van der Waals surface area contributed by atoms with E-state index in [0.717, 1.165) is 58.2 Å². The molecule has 1 saturated heterocycles. The standard InChI is InChI=1S/C19H20ClFN4OS/c1-12-15(13-2-4-14(21)5-3-13)16-17(22-19(20)23-18(16)27-12)25-8-6-24(7-9-25)10-11-26/h2-5,26H,6-11H2,1H3. The number of aliphatic hydroxyl groups excluding tert-OH is 1. The van der Waals surface area contributed by atoms with Gasteiger partial charge in [-0.3, -0.25) is 4.90 Å². The van der Waals surface area contributed by atoms with Gasteiger partial charge in [-0.25, -0.2) is 9.37 Å². The Labute approximate surface area is 166 Å². The van der Waals surface area contributed by atoms with Crippen molar-refractivity contribution in [2.24, 2.45) is 0 Å². The Morgan fingerprint density at radius 1 is 1.15 bits per heavy atom. The molecule has 142 valence electrons. The van der Waals surface area contributed by atoms with E-state index in [4.69, 9.17) is 16.7 Å². The fourth-order valence-electron chi connectivity index (χ4n) is 3.59. The minimum absolute atomic E-state index is 0.169. The maximum Gasteiger partial charge on any atom is 0.225 e. The molecule has 1 N–H and O–H groups in total. The third-order valence-electron chi connectivity index (χ3n) is 4.90. The lowest BCUT2D eigenvalue weighted by Gasteiger charge is -2.35. The van der Waals surface area contributed by atoms with Crippen LogP contribution in [0.3, 0.4) is 0 Å². The number of rotatable bonds is 4. The maximum atomic E-state index is 13.4. The van der Waals surface area contributed by atoms with Crippen LogP contribution in [0.1, 0.15) is 4.88 Å². The molecular weight excluding hydrogens is 387 g/mol. The number of halogens is 2. The minimum Gasteiger partial charge on any atom is -0.395 e. The number of β-amino-alcohol motifs (C(OH)–C–C–N with tert-alkyl or cyclic N) is 1. The Balaban J connectivity index is 1.80. The second-order valence-electron chi connectivity index (χ2n) is 6.59. The summed E-state index contributed by atoms with van der Waals surface area (Å²) in [6.07, 6.45) is 0. The molecule has 8 heteroatoms. The van der Waals surface area contributed by atoms with Crippen LogP contribution < -0.4 is 4.90 Å². The molecule has 1 fully saturated rings. The van der Waals surface area contributed by atoms with Gasteiger partial charge >= 0.3 is 0 Å². The van der Waals surface area contributed by atoms with Gasteiger partial charge in [-0.2, -0.15) is 4.98 Å². The van der Waals surface area contributed by atoms with E-state index in [1.165, 1.54) is 12.1 Å². The summed E-state index contributed by atoms with van der Waals surface area (Å²) < 4.78 is 13.4. The summed E-state index contributed by atoms with van der Waals surface area (Å²) >= 11 is 7.79. The second-order valence-corrected chi connectivity index (χ2v) is 8.13. The van der Waals surface area contributed by atoms with Gasteiger partial charge in [-0.05, 0) is 36.2 Å². The highest BCUT2D eigenvalue weighted by Gasteiger charge is 2.24.